The first-order chi connectivity index (χ1) is 8.77. The van der Waals surface area contributed by atoms with Crippen LogP contribution in [-0.2, 0) is 0 Å². The van der Waals surface area contributed by atoms with Gasteiger partial charge < -0.3 is 15.4 Å². The second-order valence-corrected chi connectivity index (χ2v) is 3.39. The number of carbonyl (C=O) groups excluding carboxylic acids is 1. The number of hydrogen-bond acceptors (Lipinski definition) is 3. The van der Waals surface area contributed by atoms with E-state index >= 15 is 0 Å². The Morgan fingerprint density at radius 1 is 1.50 bits per heavy atom. The van der Waals surface area contributed by atoms with Gasteiger partial charge in [0.25, 0.3) is 0 Å². The van der Waals surface area contributed by atoms with Crippen LogP contribution < -0.4 is 15.4 Å². The average molecular weight is 249 g/mol. The zero-order valence-electron chi connectivity index (χ0n) is 10.1. The van der Waals surface area contributed by atoms with E-state index < -0.39 is 0 Å². The molecule has 0 aromatic heterocycles. The summed E-state index contributed by atoms with van der Waals surface area (Å²) in [7, 11) is 1.54. The Morgan fingerprint density at radius 3 is 3.00 bits per heavy atom. The summed E-state index contributed by atoms with van der Waals surface area (Å²) in [6.07, 6.45) is 0.601. The van der Waals surface area contributed by atoms with Crippen LogP contribution >= 0.6 is 0 Å². The molecule has 0 radical (unpaired) electrons. The van der Waals surface area contributed by atoms with E-state index in [4.69, 9.17) is 10.3 Å². The molecule has 0 unspecified atom stereocenters. The molecule has 0 spiro atoms. The molecule has 0 saturated carbocycles. The first-order valence-corrected chi connectivity index (χ1v) is 5.46. The molecular weight excluding hydrogens is 234 g/mol. The van der Waals surface area contributed by atoms with Crippen LogP contribution in [0.15, 0.2) is 29.4 Å². The fraction of sp³-hybridized carbons (Fsp3) is 0.364. The predicted octanol–water partition coefficient (Wildman–Crippen LogP) is 2.52. The molecular formula is C11H15N5O2. The maximum atomic E-state index is 11.5. The number of nitrogens with zero attached hydrogens (tertiary/aromatic N) is 3. The average Bonchev–Trinajstić information content (AvgIpc) is 2.39. The number of carbonyl (C=O) groups is 1. The fourth-order valence-corrected chi connectivity index (χ4v) is 1.31. The van der Waals surface area contributed by atoms with Gasteiger partial charge in [0.2, 0.25) is 0 Å². The van der Waals surface area contributed by atoms with Crippen LogP contribution in [0.25, 0.3) is 10.4 Å². The van der Waals surface area contributed by atoms with Crippen LogP contribution in [0.3, 0.4) is 0 Å². The quantitative estimate of drug-likeness (QED) is 0.350. The lowest BCUT2D eigenvalue weighted by molar-refractivity contribution is 0.252. The molecule has 1 rings (SSSR count). The summed E-state index contributed by atoms with van der Waals surface area (Å²) in [6.45, 7) is 0.811. The number of azide groups is 1. The van der Waals surface area contributed by atoms with Crippen molar-refractivity contribution >= 4 is 11.7 Å². The Labute approximate surface area is 105 Å². The molecule has 96 valence electrons. The number of urea groups is 1. The van der Waals surface area contributed by atoms with Gasteiger partial charge in [-0.15, -0.1) is 0 Å². The first kappa shape index (κ1) is 13.7. The number of nitrogens with one attached hydrogen (secondary N) is 2. The lowest BCUT2D eigenvalue weighted by Gasteiger charge is -2.10. The third-order valence-corrected chi connectivity index (χ3v) is 2.14. The summed E-state index contributed by atoms with van der Waals surface area (Å²) >= 11 is 0. The van der Waals surface area contributed by atoms with E-state index in [2.05, 4.69) is 20.7 Å². The molecule has 2 amide bonds. The molecule has 0 aliphatic carbocycles. The number of hydrogen-bond donors (Lipinski definition) is 2. The van der Waals surface area contributed by atoms with Crippen molar-refractivity contribution in [1.82, 2.24) is 5.32 Å². The third-order valence-electron chi connectivity index (χ3n) is 2.14. The SMILES string of the molecule is COc1ccccc1NC(=O)NCCCN=[N+]=[N-]. The molecule has 0 bridgehead atoms. The van der Waals surface area contributed by atoms with Crippen LogP contribution in [0.2, 0.25) is 0 Å². The number of amides is 2. The minimum absolute atomic E-state index is 0.319. The van der Waals surface area contributed by atoms with E-state index in [0.29, 0.717) is 30.9 Å². The molecule has 7 heteroatoms. The minimum atomic E-state index is -0.319. The smallest absolute Gasteiger partial charge is 0.319 e. The van der Waals surface area contributed by atoms with Crippen molar-refractivity contribution < 1.29 is 9.53 Å². The molecule has 0 atom stereocenters. The van der Waals surface area contributed by atoms with Gasteiger partial charge in [-0.05, 0) is 24.1 Å². The van der Waals surface area contributed by atoms with Crippen LogP contribution in [0.1, 0.15) is 6.42 Å². The van der Waals surface area contributed by atoms with Crippen molar-refractivity contribution in [2.45, 2.75) is 6.42 Å². The van der Waals surface area contributed by atoms with Crippen LogP contribution in [-0.4, -0.2) is 26.2 Å². The Balaban J connectivity index is 2.37. The Morgan fingerprint density at radius 2 is 2.28 bits per heavy atom. The number of methoxy groups -OCH3 is 1. The van der Waals surface area contributed by atoms with E-state index in [0.717, 1.165) is 0 Å². The van der Waals surface area contributed by atoms with E-state index in [1.165, 1.54) is 7.11 Å². The molecule has 1 aromatic carbocycles. The normalized spacial score (nSPS) is 9.17. The lowest BCUT2D eigenvalue weighted by Crippen LogP contribution is -2.29. The molecule has 18 heavy (non-hydrogen) atoms. The van der Waals surface area contributed by atoms with E-state index in [-0.39, 0.29) is 6.03 Å². The van der Waals surface area contributed by atoms with Gasteiger partial charge in [0.05, 0.1) is 12.8 Å². The van der Waals surface area contributed by atoms with Crippen LogP contribution in [0.5, 0.6) is 5.75 Å². The Hall–Kier alpha value is -2.40. The van der Waals surface area contributed by atoms with Gasteiger partial charge in [0.1, 0.15) is 5.75 Å². The van der Waals surface area contributed by atoms with Gasteiger partial charge in [-0.2, -0.15) is 0 Å². The monoisotopic (exact) mass is 249 g/mol. The number of benzene rings is 1. The molecule has 0 heterocycles. The fourth-order valence-electron chi connectivity index (χ4n) is 1.31. The summed E-state index contributed by atoms with van der Waals surface area (Å²) in [6, 6.07) is 6.82. The van der Waals surface area contributed by atoms with Crippen molar-refractivity contribution in [2.24, 2.45) is 5.11 Å². The highest BCUT2D eigenvalue weighted by atomic mass is 16.5. The number of para-hydroxylation sites is 2. The van der Waals surface area contributed by atoms with Crippen molar-refractivity contribution in [2.75, 3.05) is 25.5 Å². The first-order valence-electron chi connectivity index (χ1n) is 5.46. The highest BCUT2D eigenvalue weighted by molar-refractivity contribution is 5.90. The van der Waals surface area contributed by atoms with Crippen LogP contribution in [0, 0.1) is 0 Å². The summed E-state index contributed by atoms with van der Waals surface area (Å²) in [5.74, 6) is 0.599. The van der Waals surface area contributed by atoms with Gasteiger partial charge in [0, 0.05) is 18.0 Å². The molecule has 0 saturated heterocycles. The van der Waals surface area contributed by atoms with Gasteiger partial charge >= 0.3 is 6.03 Å². The summed E-state index contributed by atoms with van der Waals surface area (Å²) < 4.78 is 5.11. The van der Waals surface area contributed by atoms with E-state index in [1.54, 1.807) is 18.2 Å². The molecule has 0 aliphatic rings. The number of rotatable bonds is 6. The number of ether oxygens (including phenoxy) is 1. The summed E-state index contributed by atoms with van der Waals surface area (Å²) in [5, 5.41) is 8.70. The van der Waals surface area contributed by atoms with Gasteiger partial charge in [-0.25, -0.2) is 4.79 Å². The summed E-state index contributed by atoms with van der Waals surface area (Å²) in [5.41, 5.74) is 8.68. The zero-order chi connectivity index (χ0) is 13.2. The van der Waals surface area contributed by atoms with E-state index in [9.17, 15) is 4.79 Å². The maximum absolute atomic E-state index is 11.5. The predicted molar refractivity (Wildman–Crippen MR) is 68.6 cm³/mol. The largest absolute Gasteiger partial charge is 0.495 e. The minimum Gasteiger partial charge on any atom is -0.495 e. The highest BCUT2D eigenvalue weighted by Gasteiger charge is 2.05. The van der Waals surface area contributed by atoms with Gasteiger partial charge in [0.15, 0.2) is 0 Å². The molecule has 0 aliphatic heterocycles. The van der Waals surface area contributed by atoms with Gasteiger partial charge in [-0.3, -0.25) is 0 Å². The second-order valence-electron chi connectivity index (χ2n) is 3.39. The maximum Gasteiger partial charge on any atom is 0.319 e. The van der Waals surface area contributed by atoms with Crippen molar-refractivity contribution in [1.29, 1.82) is 0 Å². The topological polar surface area (TPSA) is 99.1 Å². The standard InChI is InChI=1S/C11H15N5O2/c1-18-10-6-3-2-5-9(10)15-11(17)13-7-4-8-14-16-12/h2-3,5-6H,4,7-8H2,1H3,(H2,13,15,17). The second kappa shape index (κ2) is 7.81. The van der Waals surface area contributed by atoms with Crippen molar-refractivity contribution in [3.63, 3.8) is 0 Å². The lowest BCUT2D eigenvalue weighted by atomic mass is 10.3. The Bertz CT molecular complexity index is 443. The van der Waals surface area contributed by atoms with Crippen molar-refractivity contribution in [3.05, 3.63) is 34.7 Å². The highest BCUT2D eigenvalue weighted by Crippen LogP contribution is 2.22. The number of anilines is 1. The molecule has 0 fully saturated rings. The summed E-state index contributed by atoms with van der Waals surface area (Å²) in [4.78, 5) is 14.2. The van der Waals surface area contributed by atoms with E-state index in [1.807, 2.05) is 6.07 Å². The van der Waals surface area contributed by atoms with Crippen molar-refractivity contribution in [3.8, 4) is 5.75 Å². The zero-order valence-corrected chi connectivity index (χ0v) is 10.1. The molecule has 1 aromatic rings. The van der Waals surface area contributed by atoms with Crippen LogP contribution in [0.4, 0.5) is 10.5 Å². The Kier molecular flexibility index (Phi) is 5.93. The molecule has 2 N–H and O–H groups in total. The molecule has 7 nitrogen and oxygen atoms in total. The third kappa shape index (κ3) is 4.63. The van der Waals surface area contributed by atoms with Gasteiger partial charge in [-0.1, -0.05) is 17.2 Å².